The second-order valence-corrected chi connectivity index (χ2v) is 3.04. The molecule has 8 heteroatoms. The standard InChI is InChI=1S/C9H10FN3O4/c10-6-1-2-8(7(5-6)13(15)16)17-4-3-9(14)12-11/h1-2,5H,3-4,11H2,(H,12,14). The fraction of sp³-hybridized carbons (Fsp3) is 0.222. The number of nitrogens with zero attached hydrogens (tertiary/aromatic N) is 1. The number of halogens is 1. The van der Waals surface area contributed by atoms with E-state index in [0.717, 1.165) is 18.2 Å². The van der Waals surface area contributed by atoms with Gasteiger partial charge in [-0.3, -0.25) is 20.3 Å². The van der Waals surface area contributed by atoms with Gasteiger partial charge in [-0.2, -0.15) is 0 Å². The molecule has 0 bridgehead atoms. The molecule has 1 amide bonds. The minimum atomic E-state index is -0.762. The van der Waals surface area contributed by atoms with Crippen molar-refractivity contribution in [1.82, 2.24) is 5.43 Å². The molecule has 3 N–H and O–H groups in total. The Morgan fingerprint density at radius 1 is 1.59 bits per heavy atom. The molecule has 0 heterocycles. The predicted molar refractivity (Wildman–Crippen MR) is 55.5 cm³/mol. The zero-order chi connectivity index (χ0) is 12.8. The van der Waals surface area contributed by atoms with Gasteiger partial charge in [-0.25, -0.2) is 10.2 Å². The van der Waals surface area contributed by atoms with Crippen LogP contribution in [0.3, 0.4) is 0 Å². The van der Waals surface area contributed by atoms with Crippen molar-refractivity contribution < 1.29 is 18.8 Å². The molecule has 1 aromatic carbocycles. The number of nitro benzene ring substituents is 1. The van der Waals surface area contributed by atoms with Crippen LogP contribution in [0.15, 0.2) is 18.2 Å². The lowest BCUT2D eigenvalue weighted by Crippen LogP contribution is -2.31. The lowest BCUT2D eigenvalue weighted by molar-refractivity contribution is -0.386. The summed E-state index contributed by atoms with van der Waals surface area (Å²) in [5, 5.41) is 10.6. The van der Waals surface area contributed by atoms with Crippen LogP contribution in [0.5, 0.6) is 5.75 Å². The van der Waals surface area contributed by atoms with Gasteiger partial charge in [-0.15, -0.1) is 0 Å². The zero-order valence-electron chi connectivity index (χ0n) is 8.68. The summed E-state index contributed by atoms with van der Waals surface area (Å²) in [6.45, 7) is -0.0878. The van der Waals surface area contributed by atoms with Crippen LogP contribution in [0.2, 0.25) is 0 Å². The first-order valence-corrected chi connectivity index (χ1v) is 4.60. The van der Waals surface area contributed by atoms with E-state index in [1.807, 2.05) is 5.43 Å². The van der Waals surface area contributed by atoms with Gasteiger partial charge in [0.2, 0.25) is 5.91 Å². The van der Waals surface area contributed by atoms with E-state index in [9.17, 15) is 19.3 Å². The molecule has 0 spiro atoms. The molecule has 0 radical (unpaired) electrons. The maximum Gasteiger partial charge on any atom is 0.313 e. The van der Waals surface area contributed by atoms with E-state index < -0.39 is 22.3 Å². The molecule has 0 aliphatic rings. The van der Waals surface area contributed by atoms with Crippen LogP contribution >= 0.6 is 0 Å². The number of hydrogen-bond acceptors (Lipinski definition) is 5. The molecule has 1 rings (SSSR count). The van der Waals surface area contributed by atoms with Gasteiger partial charge < -0.3 is 4.74 Å². The van der Waals surface area contributed by atoms with E-state index in [1.54, 1.807) is 0 Å². The van der Waals surface area contributed by atoms with E-state index in [1.165, 1.54) is 0 Å². The molecule has 0 aliphatic heterocycles. The van der Waals surface area contributed by atoms with Gasteiger partial charge in [-0.1, -0.05) is 0 Å². The maximum absolute atomic E-state index is 12.8. The molecule has 0 atom stereocenters. The van der Waals surface area contributed by atoms with Crippen LogP contribution in [-0.4, -0.2) is 17.4 Å². The molecular weight excluding hydrogens is 233 g/mol. The molecule has 0 saturated carbocycles. The first-order valence-electron chi connectivity index (χ1n) is 4.60. The Kier molecular flexibility index (Phi) is 4.35. The number of hydrogen-bond donors (Lipinski definition) is 2. The van der Waals surface area contributed by atoms with Crippen LogP contribution in [0, 0.1) is 15.9 Å². The molecular formula is C9H10FN3O4. The third-order valence-electron chi connectivity index (χ3n) is 1.87. The summed E-state index contributed by atoms with van der Waals surface area (Å²) in [5.74, 6) is 3.54. The molecule has 17 heavy (non-hydrogen) atoms. The van der Waals surface area contributed by atoms with Gasteiger partial charge in [-0.05, 0) is 12.1 Å². The smallest absolute Gasteiger partial charge is 0.313 e. The van der Waals surface area contributed by atoms with Crippen LogP contribution in [0.1, 0.15) is 6.42 Å². The Morgan fingerprint density at radius 2 is 2.29 bits per heavy atom. The van der Waals surface area contributed by atoms with Crippen molar-refractivity contribution in [3.05, 3.63) is 34.1 Å². The summed E-state index contributed by atoms with van der Waals surface area (Å²) < 4.78 is 17.8. The topological polar surface area (TPSA) is 107 Å². The largest absolute Gasteiger partial charge is 0.486 e. The quantitative estimate of drug-likeness (QED) is 0.338. The molecule has 0 fully saturated rings. The number of rotatable bonds is 5. The van der Waals surface area contributed by atoms with E-state index >= 15 is 0 Å². The van der Waals surface area contributed by atoms with Gasteiger partial charge in [0.1, 0.15) is 5.82 Å². The van der Waals surface area contributed by atoms with Crippen molar-refractivity contribution in [2.24, 2.45) is 5.84 Å². The third kappa shape index (κ3) is 3.68. The highest BCUT2D eigenvalue weighted by atomic mass is 19.1. The summed E-state index contributed by atoms with van der Waals surface area (Å²) in [5.41, 5.74) is 1.40. The lowest BCUT2D eigenvalue weighted by Gasteiger charge is -2.05. The minimum absolute atomic E-state index is 0.0506. The average Bonchev–Trinajstić information content (AvgIpc) is 2.30. The van der Waals surface area contributed by atoms with Gasteiger partial charge in [0.05, 0.1) is 24.0 Å². The van der Waals surface area contributed by atoms with E-state index in [0.29, 0.717) is 0 Å². The number of ether oxygens (including phenoxy) is 1. The van der Waals surface area contributed by atoms with Gasteiger partial charge >= 0.3 is 5.69 Å². The molecule has 0 aromatic heterocycles. The second-order valence-electron chi connectivity index (χ2n) is 3.04. The molecule has 7 nitrogen and oxygen atoms in total. The Hall–Kier alpha value is -2.22. The van der Waals surface area contributed by atoms with Crippen molar-refractivity contribution in [2.75, 3.05) is 6.61 Å². The number of benzene rings is 1. The van der Waals surface area contributed by atoms with Gasteiger partial charge in [0.15, 0.2) is 5.75 Å². The summed E-state index contributed by atoms with van der Waals surface area (Å²) in [6.07, 6.45) is -0.0506. The highest BCUT2D eigenvalue weighted by Crippen LogP contribution is 2.27. The first kappa shape index (κ1) is 12.8. The number of carbonyl (C=O) groups is 1. The number of carbonyl (C=O) groups excluding carboxylic acids is 1. The fourth-order valence-electron chi connectivity index (χ4n) is 1.08. The van der Waals surface area contributed by atoms with Crippen LogP contribution in [0.4, 0.5) is 10.1 Å². The van der Waals surface area contributed by atoms with Gasteiger partial charge in [0.25, 0.3) is 0 Å². The van der Waals surface area contributed by atoms with E-state index in [-0.39, 0.29) is 18.8 Å². The monoisotopic (exact) mass is 243 g/mol. The van der Waals surface area contributed by atoms with Crippen molar-refractivity contribution in [1.29, 1.82) is 0 Å². The second kappa shape index (κ2) is 5.75. The highest BCUT2D eigenvalue weighted by molar-refractivity contribution is 5.75. The number of hydrazine groups is 1. The van der Waals surface area contributed by atoms with Crippen molar-refractivity contribution in [3.8, 4) is 5.75 Å². The molecule has 0 aliphatic carbocycles. The van der Waals surface area contributed by atoms with E-state index in [4.69, 9.17) is 10.6 Å². The summed E-state index contributed by atoms with van der Waals surface area (Å²) >= 11 is 0. The maximum atomic E-state index is 12.8. The number of nitrogens with two attached hydrogens (primary N) is 1. The molecule has 1 aromatic rings. The van der Waals surface area contributed by atoms with E-state index in [2.05, 4.69) is 0 Å². The summed E-state index contributed by atoms with van der Waals surface area (Å²) in [4.78, 5) is 20.6. The van der Waals surface area contributed by atoms with Crippen LogP contribution < -0.4 is 16.0 Å². The normalized spacial score (nSPS) is 9.76. The highest BCUT2D eigenvalue weighted by Gasteiger charge is 2.16. The predicted octanol–water partition coefficient (Wildman–Crippen LogP) is 0.493. The Morgan fingerprint density at radius 3 is 2.88 bits per heavy atom. The minimum Gasteiger partial charge on any atom is -0.486 e. The molecule has 0 saturated heterocycles. The SMILES string of the molecule is NNC(=O)CCOc1ccc(F)cc1[N+](=O)[O-]. The average molecular weight is 243 g/mol. The lowest BCUT2D eigenvalue weighted by atomic mass is 10.3. The van der Waals surface area contributed by atoms with Crippen molar-refractivity contribution in [3.63, 3.8) is 0 Å². The Balaban J connectivity index is 2.70. The third-order valence-corrected chi connectivity index (χ3v) is 1.87. The Bertz CT molecular complexity index is 438. The molecule has 92 valence electrons. The zero-order valence-corrected chi connectivity index (χ0v) is 8.68. The van der Waals surface area contributed by atoms with Crippen LogP contribution in [0.25, 0.3) is 0 Å². The first-order chi connectivity index (χ1) is 8.04. The summed E-state index contributed by atoms with van der Waals surface area (Å²) in [6, 6.07) is 2.91. The van der Waals surface area contributed by atoms with Crippen LogP contribution in [-0.2, 0) is 4.79 Å². The Labute approximate surface area is 95.5 Å². The molecule has 0 unspecified atom stereocenters. The number of nitro groups is 1. The van der Waals surface area contributed by atoms with Crippen molar-refractivity contribution in [2.45, 2.75) is 6.42 Å². The number of nitrogens with one attached hydrogen (secondary N) is 1. The summed E-state index contributed by atoms with van der Waals surface area (Å²) in [7, 11) is 0. The van der Waals surface area contributed by atoms with Gasteiger partial charge in [0, 0.05) is 0 Å². The number of amides is 1. The van der Waals surface area contributed by atoms with Crippen molar-refractivity contribution >= 4 is 11.6 Å². The fourth-order valence-corrected chi connectivity index (χ4v) is 1.08.